The predicted octanol–water partition coefficient (Wildman–Crippen LogP) is 9.76. The minimum absolute atomic E-state index is 0.0497. The molecule has 4 bridgehead atoms. The topological polar surface area (TPSA) is 183 Å². The highest BCUT2D eigenvalue weighted by Gasteiger charge is 2.59. The smallest absolute Gasteiger partial charge is 0.309 e. The molecule has 13 nitrogen and oxygen atoms in total. The number of imidazole rings is 2. The van der Waals surface area contributed by atoms with Crippen molar-refractivity contribution in [2.24, 2.45) is 34.6 Å². The number of carbonyl (C=O) groups excluding carboxylic acids is 2. The van der Waals surface area contributed by atoms with Crippen molar-refractivity contribution >= 4 is 46.7 Å². The van der Waals surface area contributed by atoms with E-state index >= 15 is 0 Å². The number of benzene rings is 2. The Hall–Kier alpha value is -5.01. The molecule has 4 fully saturated rings. The zero-order chi connectivity index (χ0) is 45.3. The van der Waals surface area contributed by atoms with Crippen molar-refractivity contribution in [2.75, 3.05) is 23.7 Å². The van der Waals surface area contributed by atoms with Gasteiger partial charge in [0.15, 0.2) is 11.6 Å². The van der Waals surface area contributed by atoms with Gasteiger partial charge in [-0.15, -0.1) is 0 Å². The summed E-state index contributed by atoms with van der Waals surface area (Å²) in [4.78, 5) is 67.0. The Morgan fingerprint density at radius 2 is 1.46 bits per heavy atom. The Labute approximate surface area is 385 Å². The average molecular weight is 905 g/mol. The number of carboxylic acid groups (broad SMARTS) is 2. The van der Waals surface area contributed by atoms with Crippen LogP contribution in [0, 0.1) is 34.5 Å². The summed E-state index contributed by atoms with van der Waals surface area (Å²) in [5.74, 6) is -0.661. The normalized spacial score (nSPS) is 28.1. The van der Waals surface area contributed by atoms with Gasteiger partial charge in [0.25, 0.3) is 11.8 Å². The van der Waals surface area contributed by atoms with E-state index < -0.39 is 22.8 Å². The fourth-order valence-electron chi connectivity index (χ4n) is 13.5. The molecule has 1 aliphatic heterocycles. The van der Waals surface area contributed by atoms with Crippen LogP contribution in [0.5, 0.6) is 0 Å². The summed E-state index contributed by atoms with van der Waals surface area (Å²) in [6, 6.07) is 11.2. The number of hydrogen-bond donors (Lipinski definition) is 5. The first-order valence-electron chi connectivity index (χ1n) is 24.0. The maximum absolute atomic E-state index is 13.9. The molecule has 0 saturated heterocycles. The van der Waals surface area contributed by atoms with E-state index in [9.17, 15) is 29.4 Å². The van der Waals surface area contributed by atoms with Crippen LogP contribution in [0.1, 0.15) is 152 Å². The van der Waals surface area contributed by atoms with E-state index in [1.165, 1.54) is 0 Å². The summed E-state index contributed by atoms with van der Waals surface area (Å²) in [6.07, 6.45) is 18.0. The molecule has 4 saturated carbocycles. The number of aromatic nitrogens is 4. The molecule has 3 heterocycles. The number of fused-ring (bicyclic) bond motifs is 6. The third kappa shape index (κ3) is 7.98. The highest BCUT2D eigenvalue weighted by molar-refractivity contribution is 6.36. The summed E-state index contributed by atoms with van der Waals surface area (Å²) >= 11 is 7.08. The molecule has 10 rings (SSSR count). The van der Waals surface area contributed by atoms with Gasteiger partial charge in [-0.05, 0) is 143 Å². The molecule has 0 radical (unpaired) electrons. The molecule has 0 spiro atoms. The lowest BCUT2D eigenvalue weighted by Crippen LogP contribution is -2.39. The highest BCUT2D eigenvalue weighted by Crippen LogP contribution is 2.64. The lowest BCUT2D eigenvalue weighted by Gasteiger charge is -2.35. The van der Waals surface area contributed by atoms with Gasteiger partial charge in [-0.1, -0.05) is 55.1 Å². The number of aryl methyl sites for hydroxylation is 2. The largest absolute Gasteiger partial charge is 0.481 e. The molecule has 6 aliphatic rings. The van der Waals surface area contributed by atoms with Crippen molar-refractivity contribution in [3.8, 4) is 11.1 Å². The molecule has 1 atom stereocenters. The van der Waals surface area contributed by atoms with Gasteiger partial charge < -0.3 is 30.4 Å². The Morgan fingerprint density at radius 3 is 2.17 bits per heavy atom. The van der Waals surface area contributed by atoms with E-state index in [4.69, 9.17) is 21.6 Å². The standard InChI is InChI=1S/C51H62ClN7O6/c1-31-33(9-4-11-35(31)56-44(60)42-53-36-12-3-7-32(14-15-37(36)54-42)8-6-17-48-18-22-50(28-48,23-19-48)46(62)63)34-10-5-13-38(41(34)52)57-45(61)43-55-39-27-59(26-16-40(39)58(43)2)30-49-20-24-51(29-49,25-21-49)47(64)65/h4-5,9-11,13,32H,3,6-8,12,14-30H2,1-2H3,(H,53,54)(H,56,60)(H,57,61)(H,62,63)(H,64,65). The zero-order valence-corrected chi connectivity index (χ0v) is 38.5. The van der Waals surface area contributed by atoms with Crippen LogP contribution in [0.2, 0.25) is 5.02 Å². The maximum Gasteiger partial charge on any atom is 0.309 e. The van der Waals surface area contributed by atoms with Crippen molar-refractivity contribution in [2.45, 2.75) is 135 Å². The van der Waals surface area contributed by atoms with Gasteiger partial charge >= 0.3 is 11.9 Å². The van der Waals surface area contributed by atoms with Crippen LogP contribution in [0.15, 0.2) is 36.4 Å². The molecular weight excluding hydrogens is 842 g/mol. The number of anilines is 2. The number of aliphatic carboxylic acids is 2. The first kappa shape index (κ1) is 43.9. The van der Waals surface area contributed by atoms with Crippen molar-refractivity contribution in [1.29, 1.82) is 0 Å². The van der Waals surface area contributed by atoms with E-state index in [1.807, 2.05) is 48.9 Å². The van der Waals surface area contributed by atoms with Gasteiger partial charge in [0.05, 0.1) is 32.9 Å². The first-order valence-corrected chi connectivity index (χ1v) is 24.4. The Kier molecular flexibility index (Phi) is 11.3. The summed E-state index contributed by atoms with van der Waals surface area (Å²) in [5, 5.41) is 26.2. The molecule has 5 N–H and O–H groups in total. The number of nitrogens with zero attached hydrogens (tertiary/aromatic N) is 4. The Balaban J connectivity index is 0.761. The number of rotatable bonds is 13. The van der Waals surface area contributed by atoms with E-state index in [1.54, 1.807) is 6.07 Å². The first-order chi connectivity index (χ1) is 31.2. The van der Waals surface area contributed by atoms with Crippen LogP contribution < -0.4 is 10.6 Å². The molecular formula is C51H62ClN7O6. The molecule has 5 aliphatic carbocycles. The van der Waals surface area contributed by atoms with Crippen LogP contribution in [0.4, 0.5) is 11.4 Å². The Morgan fingerprint density at radius 1 is 0.800 bits per heavy atom. The molecule has 2 amide bonds. The molecule has 2 aromatic heterocycles. The SMILES string of the molecule is Cc1c(NC(=O)c2nc3c([nH]2)CCCC(CCCC24CCC(C(=O)O)(CC2)C4)CC3)cccc1-c1cccc(NC(=O)c2nc3c(n2C)CCN(CC24CCC(C(=O)O)(CC2)C4)C3)c1Cl. The number of H-pyrrole nitrogens is 1. The number of carboxylic acids is 2. The summed E-state index contributed by atoms with van der Waals surface area (Å²) in [6.45, 7) is 4.28. The number of hydrogen-bond acceptors (Lipinski definition) is 7. The quantitative estimate of drug-likeness (QED) is 0.0872. The highest BCUT2D eigenvalue weighted by atomic mass is 35.5. The second-order valence-electron chi connectivity index (χ2n) is 21.1. The predicted molar refractivity (Wildman–Crippen MR) is 248 cm³/mol. The molecule has 1 unspecified atom stereocenters. The van der Waals surface area contributed by atoms with E-state index in [2.05, 4.69) is 20.5 Å². The second-order valence-corrected chi connectivity index (χ2v) is 21.5. The summed E-state index contributed by atoms with van der Waals surface area (Å²) < 4.78 is 1.88. The lowest BCUT2D eigenvalue weighted by molar-refractivity contribution is -0.149. The van der Waals surface area contributed by atoms with E-state index in [-0.39, 0.29) is 22.6 Å². The van der Waals surface area contributed by atoms with Crippen LogP contribution in [0.3, 0.4) is 0 Å². The molecule has 14 heteroatoms. The van der Waals surface area contributed by atoms with Gasteiger partial charge in [-0.25, -0.2) is 9.97 Å². The number of halogens is 1. The summed E-state index contributed by atoms with van der Waals surface area (Å²) in [7, 11) is 1.88. The van der Waals surface area contributed by atoms with Gasteiger partial charge in [0.1, 0.15) is 0 Å². The number of carbonyl (C=O) groups is 4. The fourth-order valence-corrected chi connectivity index (χ4v) is 13.8. The van der Waals surface area contributed by atoms with Crippen LogP contribution in [-0.4, -0.2) is 71.5 Å². The zero-order valence-electron chi connectivity index (χ0n) is 37.8. The van der Waals surface area contributed by atoms with Crippen molar-refractivity contribution in [1.82, 2.24) is 24.4 Å². The second kappa shape index (κ2) is 16.7. The monoisotopic (exact) mass is 903 g/mol. The van der Waals surface area contributed by atoms with Crippen molar-refractivity contribution in [3.05, 3.63) is 81.4 Å². The minimum Gasteiger partial charge on any atom is -0.481 e. The van der Waals surface area contributed by atoms with Gasteiger partial charge in [0, 0.05) is 55.7 Å². The van der Waals surface area contributed by atoms with Crippen LogP contribution >= 0.6 is 11.6 Å². The van der Waals surface area contributed by atoms with Crippen molar-refractivity contribution in [3.63, 3.8) is 0 Å². The fraction of sp³-hybridized carbons (Fsp3) is 0.569. The third-order valence-electron chi connectivity index (χ3n) is 17.3. The lowest BCUT2D eigenvalue weighted by atomic mass is 9.78. The molecule has 65 heavy (non-hydrogen) atoms. The van der Waals surface area contributed by atoms with Crippen molar-refractivity contribution < 1.29 is 29.4 Å². The van der Waals surface area contributed by atoms with Crippen LogP contribution in [0.25, 0.3) is 11.1 Å². The Bertz CT molecular complexity index is 2560. The molecule has 4 aromatic rings. The van der Waals surface area contributed by atoms with Gasteiger partial charge in [-0.3, -0.25) is 24.1 Å². The van der Waals surface area contributed by atoms with E-state index in [0.717, 1.165) is 169 Å². The van der Waals surface area contributed by atoms with E-state index in [0.29, 0.717) is 46.1 Å². The summed E-state index contributed by atoms with van der Waals surface area (Å²) in [5.41, 5.74) is 6.69. The minimum atomic E-state index is -0.644. The van der Waals surface area contributed by atoms with Crippen LogP contribution in [-0.2, 0) is 42.4 Å². The number of nitrogens with one attached hydrogen (secondary N) is 3. The molecule has 344 valence electrons. The molecule has 2 aromatic carbocycles. The third-order valence-corrected chi connectivity index (χ3v) is 17.7. The van der Waals surface area contributed by atoms with Gasteiger partial charge in [0.2, 0.25) is 0 Å². The average Bonchev–Trinajstić information content (AvgIpc) is 4.14. The number of amides is 2. The van der Waals surface area contributed by atoms with Gasteiger partial charge in [-0.2, -0.15) is 0 Å². The number of aromatic amines is 1. The maximum atomic E-state index is 13.9.